The average Bonchev–Trinajstić information content (AvgIpc) is 2.70. The summed E-state index contributed by atoms with van der Waals surface area (Å²) in [7, 11) is 1.73. The molecular weight excluding hydrogens is 222 g/mol. The number of methoxy groups -OCH3 is 1. The van der Waals surface area contributed by atoms with Gasteiger partial charge in [-0.1, -0.05) is 38.1 Å². The third-order valence-corrected chi connectivity index (χ3v) is 4.37. The van der Waals surface area contributed by atoms with Crippen molar-refractivity contribution in [2.24, 2.45) is 11.8 Å². The van der Waals surface area contributed by atoms with Gasteiger partial charge in [0, 0.05) is 19.7 Å². The van der Waals surface area contributed by atoms with Crippen LogP contribution in [0.2, 0.25) is 0 Å². The molecule has 0 amide bonds. The molecule has 0 radical (unpaired) electrons. The van der Waals surface area contributed by atoms with Gasteiger partial charge >= 0.3 is 0 Å². The van der Waals surface area contributed by atoms with Gasteiger partial charge in [0.15, 0.2) is 0 Å². The van der Waals surface area contributed by atoms with E-state index in [1.54, 1.807) is 7.11 Å². The zero-order valence-corrected chi connectivity index (χ0v) is 11.8. The van der Waals surface area contributed by atoms with Crippen LogP contribution in [0.4, 0.5) is 0 Å². The molecule has 2 nitrogen and oxygen atoms in total. The maximum absolute atomic E-state index is 5.12. The molecule has 1 aliphatic rings. The number of hydrogen-bond donors (Lipinski definition) is 1. The molecular formula is C16H25NO. The lowest BCUT2D eigenvalue weighted by Crippen LogP contribution is -2.31. The second kappa shape index (κ2) is 6.35. The van der Waals surface area contributed by atoms with E-state index in [-0.39, 0.29) is 0 Å². The van der Waals surface area contributed by atoms with Gasteiger partial charge in [0.1, 0.15) is 0 Å². The molecule has 3 atom stereocenters. The van der Waals surface area contributed by atoms with E-state index >= 15 is 0 Å². The van der Waals surface area contributed by atoms with Gasteiger partial charge in [0.25, 0.3) is 0 Å². The number of benzene rings is 1. The molecule has 1 aliphatic carbocycles. The molecule has 2 rings (SSSR count). The fraction of sp³-hybridized carbons (Fsp3) is 0.625. The molecule has 1 aromatic rings. The smallest absolute Gasteiger partial charge is 0.0713 e. The van der Waals surface area contributed by atoms with Crippen LogP contribution in [0.5, 0.6) is 0 Å². The van der Waals surface area contributed by atoms with Crippen molar-refractivity contribution in [1.82, 2.24) is 5.32 Å². The lowest BCUT2D eigenvalue weighted by molar-refractivity contribution is 0.185. The lowest BCUT2D eigenvalue weighted by Gasteiger charge is -2.19. The van der Waals surface area contributed by atoms with Gasteiger partial charge in [0.2, 0.25) is 0 Å². The van der Waals surface area contributed by atoms with E-state index in [0.29, 0.717) is 12.6 Å². The van der Waals surface area contributed by atoms with E-state index in [2.05, 4.69) is 43.4 Å². The molecule has 0 heterocycles. The Balaban J connectivity index is 1.83. The molecule has 0 bridgehead atoms. The van der Waals surface area contributed by atoms with Crippen molar-refractivity contribution in [2.75, 3.05) is 7.11 Å². The Bertz CT molecular complexity index is 360. The fourth-order valence-corrected chi connectivity index (χ4v) is 2.82. The second-order valence-electron chi connectivity index (χ2n) is 5.65. The normalized spacial score (nSPS) is 27.6. The maximum Gasteiger partial charge on any atom is 0.0713 e. The first-order valence-electron chi connectivity index (χ1n) is 7.01. The predicted octanol–water partition coefficient (Wildman–Crippen LogP) is 3.36. The molecule has 3 unspecified atom stereocenters. The van der Waals surface area contributed by atoms with Crippen LogP contribution >= 0.6 is 0 Å². The Morgan fingerprint density at radius 1 is 1.11 bits per heavy atom. The van der Waals surface area contributed by atoms with Gasteiger partial charge in [-0.25, -0.2) is 0 Å². The third kappa shape index (κ3) is 3.33. The van der Waals surface area contributed by atoms with Crippen LogP contribution in [-0.4, -0.2) is 13.2 Å². The van der Waals surface area contributed by atoms with Crippen LogP contribution in [-0.2, 0) is 17.9 Å². The molecule has 1 aromatic carbocycles. The van der Waals surface area contributed by atoms with Gasteiger partial charge in [-0.05, 0) is 35.8 Å². The zero-order valence-electron chi connectivity index (χ0n) is 11.8. The summed E-state index contributed by atoms with van der Waals surface area (Å²) >= 11 is 0. The molecule has 0 spiro atoms. The Hall–Kier alpha value is -0.860. The lowest BCUT2D eigenvalue weighted by atomic mass is 9.97. The SMILES string of the molecule is COCc1ccc(CNC2CCC(C)C2C)cc1. The summed E-state index contributed by atoms with van der Waals surface area (Å²) in [5.41, 5.74) is 2.60. The Morgan fingerprint density at radius 2 is 1.78 bits per heavy atom. The van der Waals surface area contributed by atoms with E-state index in [1.165, 1.54) is 24.0 Å². The molecule has 0 aliphatic heterocycles. The first-order chi connectivity index (χ1) is 8.70. The van der Waals surface area contributed by atoms with Gasteiger partial charge in [-0.2, -0.15) is 0 Å². The molecule has 1 saturated carbocycles. The number of nitrogens with one attached hydrogen (secondary N) is 1. The molecule has 100 valence electrons. The van der Waals surface area contributed by atoms with E-state index in [1.807, 2.05) is 0 Å². The summed E-state index contributed by atoms with van der Waals surface area (Å²) in [6.45, 7) is 6.42. The predicted molar refractivity (Wildman–Crippen MR) is 75.3 cm³/mol. The summed E-state index contributed by atoms with van der Waals surface area (Å²) in [5.74, 6) is 1.67. The summed E-state index contributed by atoms with van der Waals surface area (Å²) in [4.78, 5) is 0. The van der Waals surface area contributed by atoms with Crippen molar-refractivity contribution in [3.8, 4) is 0 Å². The largest absolute Gasteiger partial charge is 0.380 e. The topological polar surface area (TPSA) is 21.3 Å². The highest BCUT2D eigenvalue weighted by molar-refractivity contribution is 5.22. The minimum absolute atomic E-state index is 0.693. The van der Waals surface area contributed by atoms with E-state index < -0.39 is 0 Å². The highest BCUT2D eigenvalue weighted by Gasteiger charge is 2.28. The average molecular weight is 247 g/mol. The molecule has 1 N–H and O–H groups in total. The molecule has 2 heteroatoms. The van der Waals surface area contributed by atoms with Gasteiger partial charge < -0.3 is 10.1 Å². The summed E-state index contributed by atoms with van der Waals surface area (Å²) in [6.07, 6.45) is 2.69. The minimum Gasteiger partial charge on any atom is -0.380 e. The van der Waals surface area contributed by atoms with Crippen LogP contribution in [0.15, 0.2) is 24.3 Å². The third-order valence-electron chi connectivity index (χ3n) is 4.37. The van der Waals surface area contributed by atoms with Gasteiger partial charge in [0.05, 0.1) is 6.61 Å². The van der Waals surface area contributed by atoms with Crippen molar-refractivity contribution in [3.05, 3.63) is 35.4 Å². The van der Waals surface area contributed by atoms with Crippen molar-refractivity contribution < 1.29 is 4.74 Å². The van der Waals surface area contributed by atoms with Crippen LogP contribution in [0.1, 0.15) is 37.8 Å². The van der Waals surface area contributed by atoms with Crippen LogP contribution < -0.4 is 5.32 Å². The van der Waals surface area contributed by atoms with E-state index in [4.69, 9.17) is 4.74 Å². The van der Waals surface area contributed by atoms with Crippen molar-refractivity contribution >= 4 is 0 Å². The monoisotopic (exact) mass is 247 g/mol. The first kappa shape index (κ1) is 13.6. The van der Waals surface area contributed by atoms with Gasteiger partial charge in [-0.3, -0.25) is 0 Å². The molecule has 0 saturated heterocycles. The minimum atomic E-state index is 0.693. The quantitative estimate of drug-likeness (QED) is 0.861. The Kier molecular flexibility index (Phi) is 4.79. The second-order valence-corrected chi connectivity index (χ2v) is 5.65. The maximum atomic E-state index is 5.12. The van der Waals surface area contributed by atoms with E-state index in [0.717, 1.165) is 18.4 Å². The fourth-order valence-electron chi connectivity index (χ4n) is 2.82. The highest BCUT2D eigenvalue weighted by Crippen LogP contribution is 2.31. The highest BCUT2D eigenvalue weighted by atomic mass is 16.5. The molecule has 0 aromatic heterocycles. The van der Waals surface area contributed by atoms with Gasteiger partial charge in [-0.15, -0.1) is 0 Å². The van der Waals surface area contributed by atoms with Crippen molar-refractivity contribution in [1.29, 1.82) is 0 Å². The number of ether oxygens (including phenoxy) is 1. The molecule has 18 heavy (non-hydrogen) atoms. The number of rotatable bonds is 5. The van der Waals surface area contributed by atoms with E-state index in [9.17, 15) is 0 Å². The zero-order chi connectivity index (χ0) is 13.0. The summed E-state index contributed by atoms with van der Waals surface area (Å²) < 4.78 is 5.12. The van der Waals surface area contributed by atoms with Crippen molar-refractivity contribution in [2.45, 2.75) is 45.9 Å². The standard InChI is InChI=1S/C16H25NO/c1-12-4-9-16(13(12)2)17-10-14-5-7-15(8-6-14)11-18-3/h5-8,12-13,16-17H,4,9-11H2,1-3H3. The first-order valence-corrected chi connectivity index (χ1v) is 7.01. The van der Waals surface area contributed by atoms with Crippen molar-refractivity contribution in [3.63, 3.8) is 0 Å². The summed E-state index contributed by atoms with van der Waals surface area (Å²) in [5, 5.41) is 3.70. The summed E-state index contributed by atoms with van der Waals surface area (Å²) in [6, 6.07) is 9.40. The Morgan fingerprint density at radius 3 is 2.33 bits per heavy atom. The van der Waals surface area contributed by atoms with Crippen LogP contribution in [0.3, 0.4) is 0 Å². The van der Waals surface area contributed by atoms with Crippen LogP contribution in [0, 0.1) is 11.8 Å². The molecule has 1 fully saturated rings. The van der Waals surface area contributed by atoms with Crippen LogP contribution in [0.25, 0.3) is 0 Å². The Labute approximate surface area is 111 Å². The number of hydrogen-bond acceptors (Lipinski definition) is 2.